The highest BCUT2D eigenvalue weighted by Gasteiger charge is 2.38. The average Bonchev–Trinajstić information content (AvgIpc) is 3.36. The molecule has 0 atom stereocenters. The maximum Gasteiger partial charge on any atom is 0.453 e. The van der Waals surface area contributed by atoms with Crippen LogP contribution in [0.15, 0.2) is 29.1 Å². The van der Waals surface area contributed by atoms with Gasteiger partial charge in [0.15, 0.2) is 5.65 Å². The van der Waals surface area contributed by atoms with Crippen molar-refractivity contribution in [2.75, 3.05) is 18.0 Å². The summed E-state index contributed by atoms with van der Waals surface area (Å²) >= 11 is 0. The highest BCUT2D eigenvalue weighted by atomic mass is 19.4. The van der Waals surface area contributed by atoms with Crippen molar-refractivity contribution in [3.8, 4) is 0 Å². The van der Waals surface area contributed by atoms with Crippen LogP contribution in [-0.2, 0) is 12.7 Å². The quantitative estimate of drug-likeness (QED) is 0.674. The molecule has 4 heterocycles. The van der Waals surface area contributed by atoms with Crippen LogP contribution >= 0.6 is 0 Å². The first-order valence-corrected chi connectivity index (χ1v) is 9.01. The van der Waals surface area contributed by atoms with E-state index in [1.807, 2.05) is 4.90 Å². The third-order valence-corrected chi connectivity index (χ3v) is 5.10. The lowest BCUT2D eigenvalue weighted by Crippen LogP contribution is -2.50. The van der Waals surface area contributed by atoms with Crippen LogP contribution in [0.5, 0.6) is 0 Å². The number of anilines is 1. The van der Waals surface area contributed by atoms with Crippen molar-refractivity contribution in [1.82, 2.24) is 29.6 Å². The Kier molecular flexibility index (Phi) is 3.68. The van der Waals surface area contributed by atoms with Crippen molar-refractivity contribution < 1.29 is 13.2 Å². The molecule has 2 aliphatic rings. The summed E-state index contributed by atoms with van der Waals surface area (Å²) in [5.41, 5.74) is 0.859. The van der Waals surface area contributed by atoms with Crippen molar-refractivity contribution in [1.29, 1.82) is 0 Å². The largest absolute Gasteiger partial charge is 0.453 e. The van der Waals surface area contributed by atoms with E-state index in [4.69, 9.17) is 0 Å². The third kappa shape index (κ3) is 3.00. The summed E-state index contributed by atoms with van der Waals surface area (Å²) in [4.78, 5) is 13.9. The van der Waals surface area contributed by atoms with Crippen LogP contribution in [-0.4, -0.2) is 42.7 Å². The van der Waals surface area contributed by atoms with Crippen LogP contribution < -0.4 is 10.5 Å². The van der Waals surface area contributed by atoms with Crippen LogP contribution in [0.3, 0.4) is 0 Å². The molecule has 0 amide bonds. The molecule has 0 N–H and O–H groups in total. The molecule has 0 radical (unpaired) electrons. The second kappa shape index (κ2) is 6.01. The van der Waals surface area contributed by atoms with E-state index in [0.29, 0.717) is 35.9 Å². The second-order valence-corrected chi connectivity index (χ2v) is 7.31. The predicted octanol–water partition coefficient (Wildman–Crippen LogP) is 1.71. The molecule has 1 saturated carbocycles. The Labute approximate surface area is 156 Å². The van der Waals surface area contributed by atoms with Gasteiger partial charge in [-0.1, -0.05) is 0 Å². The molecule has 5 rings (SSSR count). The van der Waals surface area contributed by atoms with E-state index in [2.05, 4.69) is 20.4 Å². The minimum Gasteiger partial charge on any atom is -0.354 e. The monoisotopic (exact) mass is 391 g/mol. The van der Waals surface area contributed by atoms with Crippen LogP contribution in [0.2, 0.25) is 0 Å². The van der Waals surface area contributed by atoms with Crippen molar-refractivity contribution >= 4 is 11.5 Å². The van der Waals surface area contributed by atoms with Gasteiger partial charge in [0.1, 0.15) is 5.82 Å². The molecule has 3 aromatic heterocycles. The number of rotatable bonds is 4. The number of halogens is 3. The fourth-order valence-electron chi connectivity index (χ4n) is 3.43. The number of fused-ring (bicyclic) bond motifs is 1. The molecule has 2 fully saturated rings. The predicted molar refractivity (Wildman–Crippen MR) is 92.0 cm³/mol. The fraction of sp³-hybridized carbons (Fsp3) is 0.471. The van der Waals surface area contributed by atoms with Gasteiger partial charge in [0.25, 0.3) is 11.4 Å². The first-order chi connectivity index (χ1) is 13.4. The molecule has 11 heteroatoms. The van der Waals surface area contributed by atoms with E-state index in [9.17, 15) is 18.0 Å². The van der Waals surface area contributed by atoms with Crippen molar-refractivity contribution in [2.24, 2.45) is 5.92 Å². The van der Waals surface area contributed by atoms with Crippen molar-refractivity contribution in [3.63, 3.8) is 0 Å². The normalized spacial score (nSPS) is 17.9. The highest BCUT2D eigenvalue weighted by molar-refractivity contribution is 5.47. The molecule has 1 aliphatic heterocycles. The molecule has 0 aromatic carbocycles. The number of alkyl halides is 3. The van der Waals surface area contributed by atoms with Crippen LogP contribution in [0.25, 0.3) is 5.65 Å². The first-order valence-electron chi connectivity index (χ1n) is 9.01. The molecule has 1 saturated heterocycles. The maximum atomic E-state index is 13.0. The molecular formula is C17H16F3N7O. The Balaban J connectivity index is 1.31. The number of nitrogens with zero attached hydrogens (tertiary/aromatic N) is 7. The van der Waals surface area contributed by atoms with Gasteiger partial charge >= 0.3 is 6.18 Å². The Morgan fingerprint density at radius 2 is 1.82 bits per heavy atom. The number of aromatic nitrogens is 6. The Hall–Kier alpha value is -2.98. The van der Waals surface area contributed by atoms with Crippen molar-refractivity contribution in [2.45, 2.75) is 31.5 Å². The average molecular weight is 391 g/mol. The zero-order valence-corrected chi connectivity index (χ0v) is 14.7. The zero-order chi connectivity index (χ0) is 19.5. The van der Waals surface area contributed by atoms with Crippen molar-refractivity contribution in [3.05, 3.63) is 46.1 Å². The Bertz CT molecular complexity index is 1100. The first kappa shape index (κ1) is 17.1. The van der Waals surface area contributed by atoms with E-state index in [0.717, 1.165) is 18.5 Å². The van der Waals surface area contributed by atoms with E-state index in [-0.39, 0.29) is 17.1 Å². The van der Waals surface area contributed by atoms with Gasteiger partial charge in [0.05, 0.1) is 12.2 Å². The molecule has 1 aliphatic carbocycles. The van der Waals surface area contributed by atoms with Gasteiger partial charge < -0.3 is 4.90 Å². The van der Waals surface area contributed by atoms with E-state index >= 15 is 0 Å². The lowest BCUT2D eigenvalue weighted by atomic mass is 10.0. The lowest BCUT2D eigenvalue weighted by molar-refractivity contribution is -0.146. The summed E-state index contributed by atoms with van der Waals surface area (Å²) in [6.07, 6.45) is -2.40. The fourth-order valence-corrected chi connectivity index (χ4v) is 3.43. The second-order valence-electron chi connectivity index (χ2n) is 7.31. The summed E-state index contributed by atoms with van der Waals surface area (Å²) in [5, 5.41) is 15.2. The summed E-state index contributed by atoms with van der Waals surface area (Å²) < 4.78 is 41.2. The topological polar surface area (TPSA) is 81.2 Å². The van der Waals surface area contributed by atoms with E-state index in [1.165, 1.54) is 10.7 Å². The van der Waals surface area contributed by atoms with Crippen LogP contribution in [0, 0.1) is 5.92 Å². The summed E-state index contributed by atoms with van der Waals surface area (Å²) in [6.45, 7) is 1.66. The zero-order valence-electron chi connectivity index (χ0n) is 14.7. The van der Waals surface area contributed by atoms with Crippen LogP contribution in [0.4, 0.5) is 19.0 Å². The molecular weight excluding hydrogens is 375 g/mol. The highest BCUT2D eigenvalue weighted by Crippen LogP contribution is 2.38. The third-order valence-electron chi connectivity index (χ3n) is 5.10. The molecule has 0 bridgehead atoms. The summed E-state index contributed by atoms with van der Waals surface area (Å²) in [5.74, 6) is -0.0809. The van der Waals surface area contributed by atoms with E-state index < -0.39 is 12.0 Å². The Morgan fingerprint density at radius 3 is 2.54 bits per heavy atom. The van der Waals surface area contributed by atoms with Gasteiger partial charge in [0, 0.05) is 31.0 Å². The smallest absolute Gasteiger partial charge is 0.354 e. The number of hydrogen-bond donors (Lipinski definition) is 0. The van der Waals surface area contributed by atoms with Crippen LogP contribution in [0.1, 0.15) is 30.3 Å². The number of hydrogen-bond acceptors (Lipinski definition) is 6. The van der Waals surface area contributed by atoms with Gasteiger partial charge in [0.2, 0.25) is 0 Å². The van der Waals surface area contributed by atoms with Gasteiger partial charge in [-0.25, -0.2) is 4.68 Å². The molecule has 3 aromatic rings. The molecule has 146 valence electrons. The van der Waals surface area contributed by atoms with Gasteiger partial charge in [-0.2, -0.15) is 22.8 Å². The maximum absolute atomic E-state index is 13.0. The summed E-state index contributed by atoms with van der Waals surface area (Å²) in [6, 6.07) is 6.43. The van der Waals surface area contributed by atoms with E-state index in [1.54, 1.807) is 18.2 Å². The van der Waals surface area contributed by atoms with Gasteiger partial charge in [-0.05, 0) is 31.0 Å². The van der Waals surface area contributed by atoms with Gasteiger partial charge in [-0.3, -0.25) is 4.79 Å². The molecule has 8 nitrogen and oxygen atoms in total. The molecule has 0 spiro atoms. The summed E-state index contributed by atoms with van der Waals surface area (Å²) in [7, 11) is 0. The molecule has 28 heavy (non-hydrogen) atoms. The van der Waals surface area contributed by atoms with Gasteiger partial charge in [-0.15, -0.1) is 15.3 Å². The molecule has 0 unspecified atom stereocenters. The SMILES string of the molecule is O=c1ccc(C2CC2)nn1CC1CN(c2ccc3nnc(C(F)(F)F)n3n2)C1. The lowest BCUT2D eigenvalue weighted by Gasteiger charge is -2.40. The Morgan fingerprint density at radius 1 is 1.04 bits per heavy atom. The minimum atomic E-state index is -4.62. The minimum absolute atomic E-state index is 0.0424. The standard InChI is InChI=1S/C17H16F3N7O/c18-17(19,20)16-22-21-13-4-5-14(24-27(13)16)25-7-10(8-25)9-26-15(28)6-3-12(23-26)11-1-2-11/h3-6,10-11H,1-2,7-9H2.